The average Bonchev–Trinajstić information content (AvgIpc) is 3.24. The Balaban J connectivity index is 1.47. The van der Waals surface area contributed by atoms with Crippen molar-refractivity contribution in [2.75, 3.05) is 6.54 Å². The minimum absolute atomic E-state index is 0.0709. The van der Waals surface area contributed by atoms with Gasteiger partial charge >= 0.3 is 0 Å². The second kappa shape index (κ2) is 9.51. The zero-order valence-corrected chi connectivity index (χ0v) is 16.9. The summed E-state index contributed by atoms with van der Waals surface area (Å²) in [6.45, 7) is 0.616. The summed E-state index contributed by atoms with van der Waals surface area (Å²) in [6.07, 6.45) is 0.268. The van der Waals surface area contributed by atoms with Crippen molar-refractivity contribution in [3.8, 4) is 0 Å². The van der Waals surface area contributed by atoms with Crippen molar-refractivity contribution in [1.29, 1.82) is 0 Å². The number of halogens is 2. The summed E-state index contributed by atoms with van der Waals surface area (Å²) < 4.78 is 27.4. The average molecular weight is 420 g/mol. The smallest absolute Gasteiger partial charge is 0.227 e. The lowest BCUT2D eigenvalue weighted by atomic mass is 10.0. The summed E-state index contributed by atoms with van der Waals surface area (Å²) >= 11 is 0. The lowest BCUT2D eigenvalue weighted by Crippen LogP contribution is -2.38. The van der Waals surface area contributed by atoms with Gasteiger partial charge in [-0.25, -0.2) is 8.78 Å². The molecule has 0 spiro atoms. The second-order valence-electron chi connectivity index (χ2n) is 7.51. The number of hydrogen-bond donors (Lipinski definition) is 0. The van der Waals surface area contributed by atoms with Gasteiger partial charge in [-0.15, -0.1) is 0 Å². The quantitative estimate of drug-likeness (QED) is 0.555. The van der Waals surface area contributed by atoms with Gasteiger partial charge in [0.2, 0.25) is 5.91 Å². The Morgan fingerprint density at radius 3 is 2.39 bits per heavy atom. The lowest BCUT2D eigenvalue weighted by molar-refractivity contribution is -0.132. The van der Waals surface area contributed by atoms with Crippen LogP contribution >= 0.6 is 0 Å². The maximum absolute atomic E-state index is 14.1. The van der Waals surface area contributed by atoms with E-state index in [0.29, 0.717) is 30.8 Å². The molecular formula is C25H22F2N2O2. The minimum Gasteiger partial charge on any atom is -0.390 e. The molecule has 6 heteroatoms. The molecule has 0 unspecified atom stereocenters. The van der Waals surface area contributed by atoms with E-state index in [0.717, 1.165) is 11.1 Å². The largest absolute Gasteiger partial charge is 0.390 e. The molecule has 1 heterocycles. The van der Waals surface area contributed by atoms with Crippen molar-refractivity contribution in [3.05, 3.63) is 107 Å². The van der Waals surface area contributed by atoms with Crippen LogP contribution in [0.15, 0.2) is 84.0 Å². The molecule has 1 amide bonds. The number of nitrogens with zero attached hydrogens (tertiary/aromatic N) is 2. The van der Waals surface area contributed by atoms with Crippen LogP contribution < -0.4 is 0 Å². The Bertz CT molecular complexity index is 1070. The van der Waals surface area contributed by atoms with Crippen molar-refractivity contribution in [1.82, 2.24) is 4.90 Å². The molecule has 3 aromatic carbocycles. The van der Waals surface area contributed by atoms with Crippen molar-refractivity contribution >= 4 is 11.6 Å². The highest BCUT2D eigenvalue weighted by molar-refractivity contribution is 6.01. The van der Waals surface area contributed by atoms with Crippen LogP contribution in [0, 0.1) is 11.6 Å². The highest BCUT2D eigenvalue weighted by Crippen LogP contribution is 2.21. The molecule has 0 N–H and O–H groups in total. The monoisotopic (exact) mass is 420 g/mol. The fraction of sp³-hybridized carbons (Fsp3) is 0.200. The van der Waals surface area contributed by atoms with E-state index in [9.17, 15) is 13.6 Å². The summed E-state index contributed by atoms with van der Waals surface area (Å²) in [6, 6.07) is 22.0. The van der Waals surface area contributed by atoms with Gasteiger partial charge in [0, 0.05) is 18.5 Å². The predicted octanol–water partition coefficient (Wildman–Crippen LogP) is 4.73. The fourth-order valence-corrected chi connectivity index (χ4v) is 3.57. The Morgan fingerprint density at radius 1 is 0.935 bits per heavy atom. The predicted molar refractivity (Wildman–Crippen MR) is 114 cm³/mol. The van der Waals surface area contributed by atoms with Crippen LogP contribution in [0.25, 0.3) is 0 Å². The molecule has 0 fully saturated rings. The molecule has 1 atom stereocenters. The van der Waals surface area contributed by atoms with E-state index in [-0.39, 0.29) is 30.1 Å². The van der Waals surface area contributed by atoms with Gasteiger partial charge in [0.1, 0.15) is 11.6 Å². The summed E-state index contributed by atoms with van der Waals surface area (Å²) in [7, 11) is 0. The number of amides is 1. The Kier molecular flexibility index (Phi) is 6.36. The highest BCUT2D eigenvalue weighted by Gasteiger charge is 2.28. The Labute approximate surface area is 179 Å². The molecule has 0 saturated heterocycles. The number of carbonyl (C=O) groups excluding carboxylic acids is 1. The molecule has 158 valence electrons. The Morgan fingerprint density at radius 2 is 1.65 bits per heavy atom. The van der Waals surface area contributed by atoms with E-state index in [1.54, 1.807) is 35.2 Å². The van der Waals surface area contributed by atoms with Gasteiger partial charge in [0.05, 0.1) is 18.7 Å². The zero-order valence-electron chi connectivity index (χ0n) is 16.9. The SMILES string of the molecule is O=C(Cc1ccccc1)N(Cc1ccc(F)cc1)C[C@@H]1CC(c2ccccc2F)=NO1. The van der Waals surface area contributed by atoms with Gasteiger partial charge in [-0.2, -0.15) is 0 Å². The first-order chi connectivity index (χ1) is 15.1. The van der Waals surface area contributed by atoms with Gasteiger partial charge < -0.3 is 9.74 Å². The van der Waals surface area contributed by atoms with Crippen molar-refractivity contribution in [2.24, 2.45) is 5.16 Å². The summed E-state index contributed by atoms with van der Waals surface area (Å²) in [4.78, 5) is 20.3. The standard InChI is InChI=1S/C25H22F2N2O2/c26-20-12-10-19(11-13-20)16-29(25(30)14-18-6-2-1-3-7-18)17-21-15-24(28-31-21)22-8-4-5-9-23(22)27/h1-13,21H,14-17H2/t21-/m0/s1. The van der Waals surface area contributed by atoms with Crippen LogP contribution in [0.4, 0.5) is 8.78 Å². The van der Waals surface area contributed by atoms with Gasteiger partial charge in [-0.1, -0.05) is 65.8 Å². The topological polar surface area (TPSA) is 41.9 Å². The second-order valence-corrected chi connectivity index (χ2v) is 7.51. The highest BCUT2D eigenvalue weighted by atomic mass is 19.1. The van der Waals surface area contributed by atoms with Crippen LogP contribution in [-0.4, -0.2) is 29.2 Å². The molecule has 4 nitrogen and oxygen atoms in total. The van der Waals surface area contributed by atoms with Crippen molar-refractivity contribution in [2.45, 2.75) is 25.5 Å². The number of hydrogen-bond acceptors (Lipinski definition) is 3. The molecule has 1 aliphatic rings. The first kappa shape index (κ1) is 20.7. The van der Waals surface area contributed by atoms with Crippen LogP contribution in [0.1, 0.15) is 23.1 Å². The molecule has 0 saturated carbocycles. The van der Waals surface area contributed by atoms with Gasteiger partial charge in [0.15, 0.2) is 6.10 Å². The van der Waals surface area contributed by atoms with Gasteiger partial charge in [0.25, 0.3) is 0 Å². The molecule has 0 aliphatic carbocycles. The first-order valence-electron chi connectivity index (χ1n) is 10.1. The number of benzene rings is 3. The number of oxime groups is 1. The molecular weight excluding hydrogens is 398 g/mol. The van der Waals surface area contributed by atoms with E-state index in [1.807, 2.05) is 30.3 Å². The normalized spacial score (nSPS) is 15.3. The summed E-state index contributed by atoms with van der Waals surface area (Å²) in [5.74, 6) is -0.750. The third-order valence-corrected chi connectivity index (χ3v) is 5.18. The van der Waals surface area contributed by atoms with Gasteiger partial charge in [-0.05, 0) is 29.3 Å². The third-order valence-electron chi connectivity index (χ3n) is 5.18. The molecule has 1 aliphatic heterocycles. The zero-order chi connectivity index (χ0) is 21.6. The van der Waals surface area contributed by atoms with E-state index in [2.05, 4.69) is 5.16 Å². The van der Waals surface area contributed by atoms with Crippen LogP contribution in [0.2, 0.25) is 0 Å². The van der Waals surface area contributed by atoms with Gasteiger partial charge in [-0.3, -0.25) is 4.79 Å². The lowest BCUT2D eigenvalue weighted by Gasteiger charge is -2.25. The van der Waals surface area contributed by atoms with Crippen LogP contribution in [0.3, 0.4) is 0 Å². The molecule has 0 bridgehead atoms. The molecule has 31 heavy (non-hydrogen) atoms. The maximum Gasteiger partial charge on any atom is 0.227 e. The third kappa shape index (κ3) is 5.34. The van der Waals surface area contributed by atoms with Crippen LogP contribution in [0.5, 0.6) is 0 Å². The van der Waals surface area contributed by atoms with E-state index in [4.69, 9.17) is 4.84 Å². The molecule has 0 aromatic heterocycles. The molecule has 3 aromatic rings. The Hall–Kier alpha value is -3.54. The molecule has 4 rings (SSSR count). The maximum atomic E-state index is 14.1. The van der Waals surface area contributed by atoms with E-state index in [1.165, 1.54) is 18.2 Å². The van der Waals surface area contributed by atoms with Crippen LogP contribution in [-0.2, 0) is 22.6 Å². The number of rotatable bonds is 7. The number of carbonyl (C=O) groups is 1. The fourth-order valence-electron chi connectivity index (χ4n) is 3.57. The van der Waals surface area contributed by atoms with Crippen molar-refractivity contribution < 1.29 is 18.4 Å². The van der Waals surface area contributed by atoms with Crippen molar-refractivity contribution in [3.63, 3.8) is 0 Å². The molecule has 0 radical (unpaired) electrons. The van der Waals surface area contributed by atoms with E-state index < -0.39 is 0 Å². The summed E-state index contributed by atoms with van der Waals surface area (Å²) in [5.41, 5.74) is 2.66. The summed E-state index contributed by atoms with van der Waals surface area (Å²) in [5, 5.41) is 4.05. The minimum atomic E-state index is -0.380. The van der Waals surface area contributed by atoms with E-state index >= 15 is 0 Å². The first-order valence-corrected chi connectivity index (χ1v) is 10.1.